The fourth-order valence-electron chi connectivity index (χ4n) is 3.40. The van der Waals surface area contributed by atoms with Gasteiger partial charge >= 0.3 is 0 Å². The molecule has 0 unspecified atom stereocenters. The van der Waals surface area contributed by atoms with Gasteiger partial charge in [0.25, 0.3) is 11.9 Å². The third kappa shape index (κ3) is 4.20. The second-order valence-electron chi connectivity index (χ2n) is 7.40. The molecule has 1 aliphatic heterocycles. The van der Waals surface area contributed by atoms with E-state index < -0.39 is 22.9 Å². The molecule has 3 N–H and O–H groups in total. The minimum absolute atomic E-state index is 0.00950. The Bertz CT molecular complexity index is 980. The zero-order chi connectivity index (χ0) is 20.7. The van der Waals surface area contributed by atoms with E-state index in [0.717, 1.165) is 0 Å². The molecule has 0 spiro atoms. The van der Waals surface area contributed by atoms with Crippen LogP contribution in [-0.2, 0) is 10.3 Å². The number of nitrogens with one attached hydrogen (secondary N) is 1. The van der Waals surface area contributed by atoms with Crippen molar-refractivity contribution < 1.29 is 13.9 Å². The summed E-state index contributed by atoms with van der Waals surface area (Å²) in [5, 5.41) is 3.10. The first kappa shape index (κ1) is 20.4. The van der Waals surface area contributed by atoms with Crippen molar-refractivity contribution in [2.45, 2.75) is 38.3 Å². The summed E-state index contributed by atoms with van der Waals surface area (Å²) >= 11 is 11.8. The lowest BCUT2D eigenvalue weighted by molar-refractivity contribution is 0.0382. The van der Waals surface area contributed by atoms with E-state index in [2.05, 4.69) is 15.3 Å². The zero-order valence-electron chi connectivity index (χ0n) is 15.5. The fraction of sp³-hybridized carbons (Fsp3) is 0.316. The number of nitrogens with zero attached hydrogens (tertiary/aromatic N) is 2. The summed E-state index contributed by atoms with van der Waals surface area (Å²) in [5.74, 6) is -1.00. The third-order valence-electron chi connectivity index (χ3n) is 4.34. The monoisotopic (exact) mass is 424 g/mol. The van der Waals surface area contributed by atoms with E-state index in [-0.39, 0.29) is 16.7 Å². The van der Waals surface area contributed by atoms with Gasteiger partial charge in [0.05, 0.1) is 15.6 Å². The van der Waals surface area contributed by atoms with E-state index in [4.69, 9.17) is 33.7 Å². The molecule has 1 amide bonds. The number of carbonyl (C=O) groups is 1. The number of halogens is 3. The minimum Gasteiger partial charge on any atom is -0.459 e. The van der Waals surface area contributed by atoms with E-state index in [1.807, 2.05) is 13.8 Å². The Kier molecular flexibility index (Phi) is 5.25. The number of anilines is 1. The van der Waals surface area contributed by atoms with E-state index in [1.54, 1.807) is 6.92 Å². The number of pyridine rings is 1. The maximum atomic E-state index is 14.6. The summed E-state index contributed by atoms with van der Waals surface area (Å²) in [4.78, 5) is 20.7. The number of hydrogen-bond donors (Lipinski definition) is 2. The van der Waals surface area contributed by atoms with E-state index in [1.165, 1.54) is 30.5 Å². The van der Waals surface area contributed by atoms with Crippen LogP contribution in [0.4, 0.5) is 10.1 Å². The molecule has 2 aromatic rings. The maximum Gasteiger partial charge on any atom is 0.283 e. The predicted molar refractivity (Wildman–Crippen MR) is 107 cm³/mol. The fourth-order valence-corrected chi connectivity index (χ4v) is 3.86. The van der Waals surface area contributed by atoms with Crippen molar-refractivity contribution in [3.63, 3.8) is 0 Å². The molecule has 1 aromatic heterocycles. The van der Waals surface area contributed by atoms with Crippen molar-refractivity contribution in [2.75, 3.05) is 5.32 Å². The standard InChI is InChI=1S/C19H19Cl2FN4O2/c1-18(2)9-19(3,26-17(23)28-18)12-7-11(4-5-14(12)22)25-16(27)15-13(21)6-10(20)8-24-15/h4-8H,9H2,1-3H3,(H2,23,26)(H,25,27)/t19-/m0/s1. The number of ether oxygens (including phenoxy) is 1. The molecule has 0 saturated carbocycles. The van der Waals surface area contributed by atoms with Gasteiger partial charge in [-0.05, 0) is 45.0 Å². The van der Waals surface area contributed by atoms with Gasteiger partial charge in [-0.25, -0.2) is 14.4 Å². The van der Waals surface area contributed by atoms with Gasteiger partial charge in [-0.15, -0.1) is 0 Å². The largest absolute Gasteiger partial charge is 0.459 e. The molecular weight excluding hydrogens is 406 g/mol. The molecule has 0 saturated heterocycles. The molecule has 0 aliphatic carbocycles. The number of carbonyl (C=O) groups excluding carboxylic acids is 1. The van der Waals surface area contributed by atoms with Crippen LogP contribution < -0.4 is 11.1 Å². The number of amidine groups is 1. The van der Waals surface area contributed by atoms with E-state index >= 15 is 0 Å². The number of amides is 1. The van der Waals surface area contributed by atoms with Crippen molar-refractivity contribution in [1.82, 2.24) is 4.98 Å². The van der Waals surface area contributed by atoms with Crippen LogP contribution in [0.3, 0.4) is 0 Å². The number of aromatic nitrogens is 1. The minimum atomic E-state index is -0.952. The maximum absolute atomic E-state index is 14.6. The van der Waals surface area contributed by atoms with Crippen molar-refractivity contribution in [3.05, 3.63) is 57.6 Å². The van der Waals surface area contributed by atoms with Gasteiger partial charge in [-0.3, -0.25) is 4.79 Å². The van der Waals surface area contributed by atoms with Gasteiger partial charge in [0.1, 0.15) is 17.1 Å². The number of aliphatic imine (C=N–C) groups is 1. The quantitative estimate of drug-likeness (QED) is 0.758. The topological polar surface area (TPSA) is 89.6 Å². The molecule has 0 fully saturated rings. The SMILES string of the molecule is CC1(C)C[C@@](C)(c2cc(NC(=O)c3ncc(Cl)cc3Cl)ccc2F)N=C(N)O1. The van der Waals surface area contributed by atoms with Crippen LogP contribution in [-0.4, -0.2) is 22.5 Å². The summed E-state index contributed by atoms with van der Waals surface area (Å²) < 4.78 is 20.1. The third-order valence-corrected chi connectivity index (χ3v) is 4.83. The normalized spacial score (nSPS) is 20.9. The molecular formula is C19H19Cl2FN4O2. The number of rotatable bonds is 3. The van der Waals surface area contributed by atoms with Gasteiger partial charge in [0.15, 0.2) is 0 Å². The molecule has 148 valence electrons. The highest BCUT2D eigenvalue weighted by atomic mass is 35.5. The summed E-state index contributed by atoms with van der Waals surface area (Å²) in [5.41, 5.74) is 4.90. The van der Waals surface area contributed by atoms with Crippen molar-refractivity contribution in [3.8, 4) is 0 Å². The van der Waals surface area contributed by atoms with Gasteiger partial charge < -0.3 is 15.8 Å². The second-order valence-corrected chi connectivity index (χ2v) is 8.24. The molecule has 9 heteroatoms. The molecule has 1 aliphatic rings. The highest BCUT2D eigenvalue weighted by Crippen LogP contribution is 2.40. The molecule has 3 rings (SSSR count). The Morgan fingerprint density at radius 3 is 2.64 bits per heavy atom. The van der Waals surface area contributed by atoms with Gasteiger partial charge in [0.2, 0.25) is 0 Å². The molecule has 6 nitrogen and oxygen atoms in total. The number of nitrogens with two attached hydrogens (primary N) is 1. The molecule has 2 heterocycles. The first-order valence-corrected chi connectivity index (χ1v) is 9.21. The average molecular weight is 425 g/mol. The Balaban J connectivity index is 1.94. The number of benzene rings is 1. The molecule has 28 heavy (non-hydrogen) atoms. The molecule has 0 bridgehead atoms. The Morgan fingerprint density at radius 1 is 1.29 bits per heavy atom. The van der Waals surface area contributed by atoms with Crippen LogP contribution in [0.15, 0.2) is 35.5 Å². The molecule has 1 atom stereocenters. The molecule has 0 radical (unpaired) electrons. The van der Waals surface area contributed by atoms with Gasteiger partial charge in [-0.2, -0.15) is 0 Å². The lowest BCUT2D eigenvalue weighted by Crippen LogP contribution is -2.44. The first-order chi connectivity index (χ1) is 13.0. The average Bonchev–Trinajstić information content (AvgIpc) is 2.54. The number of hydrogen-bond acceptors (Lipinski definition) is 5. The predicted octanol–water partition coefficient (Wildman–Crippen LogP) is 4.51. The summed E-state index contributed by atoms with van der Waals surface area (Å²) in [6, 6.07) is 5.64. The lowest BCUT2D eigenvalue weighted by atomic mass is 9.81. The highest BCUT2D eigenvalue weighted by molar-refractivity contribution is 6.36. The van der Waals surface area contributed by atoms with Crippen LogP contribution >= 0.6 is 23.2 Å². The van der Waals surface area contributed by atoms with Crippen molar-refractivity contribution >= 4 is 40.8 Å². The smallest absolute Gasteiger partial charge is 0.283 e. The van der Waals surface area contributed by atoms with Crippen LogP contribution in [0.2, 0.25) is 10.0 Å². The van der Waals surface area contributed by atoms with E-state index in [9.17, 15) is 9.18 Å². The Labute approximate surface area is 171 Å². The Morgan fingerprint density at radius 2 is 2.00 bits per heavy atom. The summed E-state index contributed by atoms with van der Waals surface area (Å²) in [7, 11) is 0. The first-order valence-electron chi connectivity index (χ1n) is 8.46. The summed E-state index contributed by atoms with van der Waals surface area (Å²) in [6.45, 7) is 5.47. The molecule has 1 aromatic carbocycles. The zero-order valence-corrected chi connectivity index (χ0v) is 17.0. The highest BCUT2D eigenvalue weighted by Gasteiger charge is 2.41. The van der Waals surface area contributed by atoms with Crippen LogP contribution in [0.5, 0.6) is 0 Å². The van der Waals surface area contributed by atoms with Crippen LogP contribution in [0.25, 0.3) is 0 Å². The van der Waals surface area contributed by atoms with Gasteiger partial charge in [-0.1, -0.05) is 23.2 Å². The van der Waals surface area contributed by atoms with Crippen molar-refractivity contribution in [2.24, 2.45) is 10.7 Å². The van der Waals surface area contributed by atoms with Crippen molar-refractivity contribution in [1.29, 1.82) is 0 Å². The Hall–Kier alpha value is -2.38. The van der Waals surface area contributed by atoms with Crippen LogP contribution in [0, 0.1) is 5.82 Å². The second kappa shape index (κ2) is 7.22. The summed E-state index contributed by atoms with van der Waals surface area (Å²) in [6.07, 6.45) is 1.72. The van der Waals surface area contributed by atoms with E-state index in [0.29, 0.717) is 22.7 Å². The van der Waals surface area contributed by atoms with Crippen LogP contribution in [0.1, 0.15) is 43.2 Å². The van der Waals surface area contributed by atoms with Gasteiger partial charge in [0, 0.05) is 23.9 Å². The lowest BCUT2D eigenvalue weighted by Gasteiger charge is -2.39.